The largest absolute Gasteiger partial charge is 0.469 e. The van der Waals surface area contributed by atoms with Crippen molar-refractivity contribution in [1.29, 1.82) is 0 Å². The summed E-state index contributed by atoms with van der Waals surface area (Å²) in [4.78, 5) is 41.3. The first kappa shape index (κ1) is 16.0. The third-order valence-corrected chi connectivity index (χ3v) is 3.33. The molecule has 1 aliphatic rings. The van der Waals surface area contributed by atoms with E-state index in [2.05, 4.69) is 4.52 Å². The zero-order valence-corrected chi connectivity index (χ0v) is 11.3. The Morgan fingerprint density at radius 3 is 2.81 bits per heavy atom. The van der Waals surface area contributed by atoms with Gasteiger partial charge in [-0.1, -0.05) is 0 Å². The molecule has 0 spiro atoms. The lowest BCUT2D eigenvalue weighted by atomic mass is 10.2. The number of aromatic nitrogens is 2. The highest BCUT2D eigenvalue weighted by Gasteiger charge is 2.37. The molecule has 0 saturated carbocycles. The van der Waals surface area contributed by atoms with E-state index in [1.165, 1.54) is 0 Å². The van der Waals surface area contributed by atoms with Crippen LogP contribution < -0.4 is 11.2 Å². The van der Waals surface area contributed by atoms with E-state index in [9.17, 15) is 23.7 Å². The normalized spacial score (nSPS) is 26.2. The minimum absolute atomic E-state index is 0.138. The van der Waals surface area contributed by atoms with Crippen LogP contribution in [-0.2, 0) is 13.8 Å². The number of rotatable bonds is 4. The molecule has 0 radical (unpaired) electrons. The maximum absolute atomic E-state index is 13.2. The fourth-order valence-corrected chi connectivity index (χ4v) is 2.22. The molecule has 3 atom stereocenters. The van der Waals surface area contributed by atoms with Gasteiger partial charge in [-0.25, -0.2) is 9.36 Å². The fraction of sp³-hybridized carbons (Fsp3) is 0.556. The van der Waals surface area contributed by atoms with Crippen molar-refractivity contribution in [3.63, 3.8) is 0 Å². The second kappa shape index (κ2) is 5.79. The number of halogens is 1. The van der Waals surface area contributed by atoms with Gasteiger partial charge in [0, 0.05) is 6.42 Å². The average molecular weight is 326 g/mol. The SMILES string of the molecule is O=c1[nH]c(=O)n([C@@H]2C[C@H](O)[C@@H](COP(=O)(O)O)O2)cc1F. The Bertz CT molecular complexity index is 681. The van der Waals surface area contributed by atoms with Gasteiger partial charge in [-0.15, -0.1) is 0 Å². The molecule has 2 rings (SSSR count). The molecule has 1 aliphatic heterocycles. The summed E-state index contributed by atoms with van der Waals surface area (Å²) < 4.78 is 33.9. The summed E-state index contributed by atoms with van der Waals surface area (Å²) in [5.74, 6) is -1.21. The van der Waals surface area contributed by atoms with Crippen LogP contribution in [0, 0.1) is 5.82 Å². The Hall–Kier alpha value is -1.36. The number of phosphoric ester groups is 1. The summed E-state index contributed by atoms with van der Waals surface area (Å²) in [6.45, 7) is -0.609. The van der Waals surface area contributed by atoms with E-state index < -0.39 is 49.9 Å². The molecular weight excluding hydrogens is 314 g/mol. The van der Waals surface area contributed by atoms with E-state index in [1.54, 1.807) is 4.98 Å². The molecule has 2 heterocycles. The smallest absolute Gasteiger partial charge is 0.390 e. The summed E-state index contributed by atoms with van der Waals surface area (Å²) in [6.07, 6.45) is -2.89. The molecule has 1 saturated heterocycles. The fourth-order valence-electron chi connectivity index (χ4n) is 1.88. The van der Waals surface area contributed by atoms with Crippen LogP contribution in [-0.4, -0.2) is 43.3 Å². The lowest BCUT2D eigenvalue weighted by Gasteiger charge is -2.16. The van der Waals surface area contributed by atoms with Crippen molar-refractivity contribution in [2.24, 2.45) is 0 Å². The number of ether oxygens (including phenoxy) is 1. The number of hydrogen-bond acceptors (Lipinski definition) is 6. The van der Waals surface area contributed by atoms with Crippen LogP contribution in [0.2, 0.25) is 0 Å². The number of aliphatic hydroxyl groups is 1. The molecule has 1 fully saturated rings. The molecule has 4 N–H and O–H groups in total. The van der Waals surface area contributed by atoms with E-state index in [4.69, 9.17) is 14.5 Å². The minimum atomic E-state index is -4.73. The monoisotopic (exact) mass is 326 g/mol. The van der Waals surface area contributed by atoms with Gasteiger partial charge in [0.25, 0.3) is 5.56 Å². The summed E-state index contributed by atoms with van der Waals surface area (Å²) in [6, 6.07) is 0. The van der Waals surface area contributed by atoms with E-state index in [-0.39, 0.29) is 6.42 Å². The second-order valence-corrected chi connectivity index (χ2v) is 5.60. The van der Waals surface area contributed by atoms with Crippen molar-refractivity contribution < 1.29 is 33.1 Å². The molecule has 1 aromatic rings. The van der Waals surface area contributed by atoms with Crippen LogP contribution in [0.3, 0.4) is 0 Å². The highest BCUT2D eigenvalue weighted by atomic mass is 31.2. The van der Waals surface area contributed by atoms with Crippen molar-refractivity contribution in [3.05, 3.63) is 32.9 Å². The van der Waals surface area contributed by atoms with E-state index >= 15 is 0 Å². The molecule has 0 amide bonds. The molecule has 0 aromatic carbocycles. The van der Waals surface area contributed by atoms with Crippen molar-refractivity contribution in [2.75, 3.05) is 6.61 Å². The zero-order valence-electron chi connectivity index (χ0n) is 10.4. The Kier molecular flexibility index (Phi) is 4.42. The van der Waals surface area contributed by atoms with Crippen LogP contribution in [0.1, 0.15) is 12.6 Å². The highest BCUT2D eigenvalue weighted by Crippen LogP contribution is 2.38. The first-order valence-electron chi connectivity index (χ1n) is 5.72. The summed E-state index contributed by atoms with van der Waals surface area (Å²) in [5, 5.41) is 9.69. The Balaban J connectivity index is 2.14. The number of aromatic amines is 1. The molecular formula is C9H12FN2O8P. The van der Waals surface area contributed by atoms with E-state index in [0.717, 1.165) is 4.57 Å². The Labute approximate surface area is 116 Å². The number of nitrogens with one attached hydrogen (secondary N) is 1. The van der Waals surface area contributed by atoms with Crippen LogP contribution in [0.15, 0.2) is 15.8 Å². The third-order valence-electron chi connectivity index (χ3n) is 2.85. The predicted octanol–water partition coefficient (Wildman–Crippen LogP) is -1.57. The van der Waals surface area contributed by atoms with Gasteiger partial charge < -0.3 is 19.6 Å². The molecule has 12 heteroatoms. The third kappa shape index (κ3) is 3.84. The first-order valence-corrected chi connectivity index (χ1v) is 7.25. The van der Waals surface area contributed by atoms with Crippen LogP contribution in [0.5, 0.6) is 0 Å². The topological polar surface area (TPSA) is 151 Å². The molecule has 0 bridgehead atoms. The maximum atomic E-state index is 13.2. The predicted molar refractivity (Wildman–Crippen MR) is 63.8 cm³/mol. The summed E-state index contributed by atoms with van der Waals surface area (Å²) in [5.41, 5.74) is -2.12. The van der Waals surface area contributed by atoms with Crippen molar-refractivity contribution in [2.45, 2.75) is 24.9 Å². The first-order chi connectivity index (χ1) is 9.67. The number of phosphoric acid groups is 1. The molecule has 0 unspecified atom stereocenters. The van der Waals surface area contributed by atoms with Gasteiger partial charge in [0.1, 0.15) is 12.3 Å². The number of nitrogens with zero attached hydrogens (tertiary/aromatic N) is 1. The molecule has 10 nitrogen and oxygen atoms in total. The quantitative estimate of drug-likeness (QED) is 0.485. The number of hydrogen-bond donors (Lipinski definition) is 4. The Morgan fingerprint density at radius 1 is 1.52 bits per heavy atom. The number of H-pyrrole nitrogens is 1. The lowest BCUT2D eigenvalue weighted by Crippen LogP contribution is -2.34. The van der Waals surface area contributed by atoms with Crippen LogP contribution in [0.4, 0.5) is 4.39 Å². The van der Waals surface area contributed by atoms with E-state index in [0.29, 0.717) is 6.20 Å². The summed E-state index contributed by atoms with van der Waals surface area (Å²) >= 11 is 0. The number of aliphatic hydroxyl groups excluding tert-OH is 1. The molecule has 1 aromatic heterocycles. The van der Waals surface area contributed by atoms with Gasteiger partial charge in [-0.05, 0) is 0 Å². The van der Waals surface area contributed by atoms with Gasteiger partial charge in [0.15, 0.2) is 0 Å². The maximum Gasteiger partial charge on any atom is 0.469 e. The van der Waals surface area contributed by atoms with Gasteiger partial charge in [-0.3, -0.25) is 18.9 Å². The molecule has 0 aliphatic carbocycles. The van der Waals surface area contributed by atoms with Gasteiger partial charge in [0.2, 0.25) is 5.82 Å². The van der Waals surface area contributed by atoms with Crippen molar-refractivity contribution in [3.8, 4) is 0 Å². The second-order valence-electron chi connectivity index (χ2n) is 4.36. The van der Waals surface area contributed by atoms with Crippen molar-refractivity contribution in [1.82, 2.24) is 9.55 Å². The van der Waals surface area contributed by atoms with E-state index in [1.807, 2.05) is 0 Å². The molecule has 21 heavy (non-hydrogen) atoms. The van der Waals surface area contributed by atoms with Gasteiger partial charge >= 0.3 is 13.5 Å². The summed E-state index contributed by atoms with van der Waals surface area (Å²) in [7, 11) is -4.73. The highest BCUT2D eigenvalue weighted by molar-refractivity contribution is 7.46. The average Bonchev–Trinajstić information content (AvgIpc) is 2.72. The zero-order chi connectivity index (χ0) is 15.8. The molecule has 118 valence electrons. The lowest BCUT2D eigenvalue weighted by molar-refractivity contribution is -0.0453. The minimum Gasteiger partial charge on any atom is -0.390 e. The van der Waals surface area contributed by atoms with Gasteiger partial charge in [-0.2, -0.15) is 4.39 Å². The van der Waals surface area contributed by atoms with Gasteiger partial charge in [0.05, 0.1) is 18.9 Å². The van der Waals surface area contributed by atoms with Crippen LogP contribution >= 0.6 is 7.82 Å². The Morgan fingerprint density at radius 2 is 2.19 bits per heavy atom. The van der Waals surface area contributed by atoms with Crippen LogP contribution in [0.25, 0.3) is 0 Å². The van der Waals surface area contributed by atoms with Crippen molar-refractivity contribution >= 4 is 7.82 Å². The standard InChI is InChI=1S/C9H12FN2O8P/c10-4-2-12(9(15)11-8(4)14)7-1-5(13)6(20-7)3-19-21(16,17)18/h2,5-7,13H,1,3H2,(H,11,14,15)(H2,16,17,18)/t5-,6+,7-/m0/s1.